The van der Waals surface area contributed by atoms with Crippen LogP contribution >= 0.6 is 11.3 Å². The van der Waals surface area contributed by atoms with Crippen molar-refractivity contribution in [2.45, 2.75) is 33.2 Å². The largest absolute Gasteiger partial charge is 0.493 e. The van der Waals surface area contributed by atoms with Crippen LogP contribution in [-0.4, -0.2) is 17.1 Å². The van der Waals surface area contributed by atoms with Gasteiger partial charge in [-0.15, -0.1) is 0 Å². The maximum atomic E-state index is 12.2. The van der Waals surface area contributed by atoms with E-state index in [4.69, 9.17) is 4.74 Å². The molecule has 0 aliphatic carbocycles. The van der Waals surface area contributed by atoms with E-state index in [0.717, 1.165) is 29.0 Å². The van der Waals surface area contributed by atoms with Gasteiger partial charge in [0.25, 0.3) is 5.91 Å². The highest BCUT2D eigenvalue weighted by atomic mass is 32.1. The molecule has 0 radical (unpaired) electrons. The van der Waals surface area contributed by atoms with Crippen molar-refractivity contribution in [3.8, 4) is 5.75 Å². The Bertz CT molecular complexity index is 926. The minimum atomic E-state index is -0.149. The molecule has 0 unspecified atom stereocenters. The number of ether oxygens (including phenoxy) is 1. The molecular formula is C20H22N2O2S. The average molecular weight is 354 g/mol. The zero-order valence-corrected chi connectivity index (χ0v) is 15.4. The lowest BCUT2D eigenvalue weighted by atomic mass is 10.2. The molecule has 1 aromatic heterocycles. The van der Waals surface area contributed by atoms with Crippen molar-refractivity contribution in [1.82, 2.24) is 4.57 Å². The zero-order chi connectivity index (χ0) is 17.6. The van der Waals surface area contributed by atoms with Crippen molar-refractivity contribution in [3.63, 3.8) is 0 Å². The van der Waals surface area contributed by atoms with Crippen LogP contribution in [-0.2, 0) is 11.3 Å². The lowest BCUT2D eigenvalue weighted by Gasteiger charge is -2.04. The number of aromatic nitrogens is 1. The molecular weight excluding hydrogens is 332 g/mol. The molecule has 0 saturated heterocycles. The fraction of sp³-hybridized carbons (Fsp3) is 0.300. The van der Waals surface area contributed by atoms with Gasteiger partial charge in [0.15, 0.2) is 4.80 Å². The number of benzene rings is 2. The Morgan fingerprint density at radius 3 is 2.76 bits per heavy atom. The number of carbonyl (C=O) groups is 1. The molecule has 2 aromatic carbocycles. The van der Waals surface area contributed by atoms with E-state index in [1.807, 2.05) is 30.3 Å². The molecule has 1 amide bonds. The average Bonchev–Trinajstić information content (AvgIpc) is 2.92. The summed E-state index contributed by atoms with van der Waals surface area (Å²) in [6.45, 7) is 5.40. The summed E-state index contributed by atoms with van der Waals surface area (Å²) < 4.78 is 8.88. The van der Waals surface area contributed by atoms with Gasteiger partial charge in [-0.05, 0) is 43.2 Å². The van der Waals surface area contributed by atoms with Gasteiger partial charge in [-0.2, -0.15) is 4.99 Å². The fourth-order valence-electron chi connectivity index (χ4n) is 2.64. The van der Waals surface area contributed by atoms with Crippen LogP contribution in [0.4, 0.5) is 0 Å². The molecule has 1 heterocycles. The predicted molar refractivity (Wildman–Crippen MR) is 102 cm³/mol. The molecule has 0 saturated carbocycles. The molecule has 0 spiro atoms. The summed E-state index contributed by atoms with van der Waals surface area (Å²) in [5.41, 5.74) is 2.36. The second-order valence-electron chi connectivity index (χ2n) is 5.92. The molecule has 3 aromatic rings. The smallest absolute Gasteiger partial charge is 0.251 e. The van der Waals surface area contributed by atoms with E-state index in [9.17, 15) is 4.79 Å². The van der Waals surface area contributed by atoms with Crippen LogP contribution in [0.3, 0.4) is 0 Å². The quantitative estimate of drug-likeness (QED) is 0.662. The number of amides is 1. The van der Waals surface area contributed by atoms with E-state index < -0.39 is 0 Å². The van der Waals surface area contributed by atoms with E-state index in [0.29, 0.717) is 6.61 Å². The van der Waals surface area contributed by atoms with Gasteiger partial charge < -0.3 is 9.30 Å². The third-order valence-electron chi connectivity index (χ3n) is 3.83. The molecule has 0 atom stereocenters. The van der Waals surface area contributed by atoms with Crippen LogP contribution in [0, 0.1) is 6.92 Å². The first-order valence-corrected chi connectivity index (χ1v) is 9.34. The number of nitrogens with zero attached hydrogens (tertiary/aromatic N) is 2. The lowest BCUT2D eigenvalue weighted by molar-refractivity contribution is -0.118. The van der Waals surface area contributed by atoms with Crippen LogP contribution in [0.2, 0.25) is 0 Å². The van der Waals surface area contributed by atoms with Crippen LogP contribution in [0.1, 0.15) is 25.3 Å². The molecule has 0 N–H and O–H groups in total. The van der Waals surface area contributed by atoms with E-state index >= 15 is 0 Å². The van der Waals surface area contributed by atoms with Gasteiger partial charge in [0.05, 0.1) is 23.2 Å². The van der Waals surface area contributed by atoms with Crippen LogP contribution in [0.5, 0.6) is 5.75 Å². The van der Waals surface area contributed by atoms with Crippen LogP contribution in [0.25, 0.3) is 10.2 Å². The van der Waals surface area contributed by atoms with Crippen LogP contribution in [0.15, 0.2) is 53.5 Å². The highest BCUT2D eigenvalue weighted by molar-refractivity contribution is 7.16. The Hall–Kier alpha value is -2.40. The highest BCUT2D eigenvalue weighted by Gasteiger charge is 2.08. The van der Waals surface area contributed by atoms with E-state index in [1.54, 1.807) is 11.3 Å². The number of hydrogen-bond acceptors (Lipinski definition) is 3. The van der Waals surface area contributed by atoms with Gasteiger partial charge in [-0.1, -0.05) is 42.5 Å². The number of aryl methyl sites for hydroxylation is 2. The summed E-state index contributed by atoms with van der Waals surface area (Å²) in [6, 6.07) is 15.9. The summed E-state index contributed by atoms with van der Waals surface area (Å²) >= 11 is 1.57. The van der Waals surface area contributed by atoms with Gasteiger partial charge in [0.2, 0.25) is 0 Å². The Morgan fingerprint density at radius 1 is 1.20 bits per heavy atom. The third kappa shape index (κ3) is 4.37. The van der Waals surface area contributed by atoms with Gasteiger partial charge in [0, 0.05) is 6.54 Å². The second kappa shape index (κ2) is 8.12. The molecule has 130 valence electrons. The summed E-state index contributed by atoms with van der Waals surface area (Å²) in [6.07, 6.45) is 1.27. The Labute approximate surface area is 151 Å². The third-order valence-corrected chi connectivity index (χ3v) is 4.87. The second-order valence-corrected chi connectivity index (χ2v) is 6.93. The lowest BCUT2D eigenvalue weighted by Crippen LogP contribution is -2.17. The maximum Gasteiger partial charge on any atom is 0.251 e. The first-order valence-electron chi connectivity index (χ1n) is 8.53. The van der Waals surface area contributed by atoms with E-state index in [2.05, 4.69) is 41.6 Å². The van der Waals surface area contributed by atoms with Crippen molar-refractivity contribution >= 4 is 27.5 Å². The summed E-state index contributed by atoms with van der Waals surface area (Å²) in [7, 11) is 0. The number of hydrogen-bond donors (Lipinski definition) is 0. The van der Waals surface area contributed by atoms with E-state index in [-0.39, 0.29) is 12.3 Å². The minimum absolute atomic E-state index is 0.149. The topological polar surface area (TPSA) is 43.6 Å². The van der Waals surface area contributed by atoms with Gasteiger partial charge in [-0.3, -0.25) is 4.79 Å². The van der Waals surface area contributed by atoms with Gasteiger partial charge >= 0.3 is 0 Å². The van der Waals surface area contributed by atoms with E-state index in [1.165, 1.54) is 10.3 Å². The van der Waals surface area contributed by atoms with Crippen molar-refractivity contribution in [2.75, 3.05) is 6.61 Å². The monoisotopic (exact) mass is 354 g/mol. The highest BCUT2D eigenvalue weighted by Crippen LogP contribution is 2.19. The Morgan fingerprint density at radius 2 is 2.00 bits per heavy atom. The standard InChI is InChI=1S/C20H22N2O2S/c1-3-12-22-17-10-9-15(2)14-18(17)25-20(22)21-19(23)11-13-24-16-7-5-4-6-8-16/h4-10,14H,3,11-13H2,1-2H3. The number of para-hydroxylation sites is 1. The minimum Gasteiger partial charge on any atom is -0.493 e. The summed E-state index contributed by atoms with van der Waals surface area (Å²) in [5.74, 6) is 0.623. The first-order chi connectivity index (χ1) is 12.2. The fourth-order valence-corrected chi connectivity index (χ4v) is 3.81. The van der Waals surface area contributed by atoms with Gasteiger partial charge in [0.1, 0.15) is 5.75 Å². The van der Waals surface area contributed by atoms with Crippen molar-refractivity contribution in [1.29, 1.82) is 0 Å². The number of thiazole rings is 1. The van der Waals surface area contributed by atoms with Crippen molar-refractivity contribution in [3.05, 3.63) is 58.9 Å². The van der Waals surface area contributed by atoms with Gasteiger partial charge in [-0.25, -0.2) is 0 Å². The van der Waals surface area contributed by atoms with Crippen LogP contribution < -0.4 is 9.54 Å². The Kier molecular flexibility index (Phi) is 5.66. The molecule has 0 aliphatic heterocycles. The first kappa shape index (κ1) is 17.4. The molecule has 25 heavy (non-hydrogen) atoms. The molecule has 4 nitrogen and oxygen atoms in total. The summed E-state index contributed by atoms with van der Waals surface area (Å²) in [4.78, 5) is 17.4. The van der Waals surface area contributed by atoms with Crippen molar-refractivity contribution in [2.24, 2.45) is 4.99 Å². The van der Waals surface area contributed by atoms with Crippen molar-refractivity contribution < 1.29 is 9.53 Å². The number of fused-ring (bicyclic) bond motifs is 1. The Balaban J connectivity index is 1.77. The number of rotatable bonds is 6. The molecule has 0 aliphatic rings. The number of carbonyl (C=O) groups excluding carboxylic acids is 1. The normalized spacial score (nSPS) is 11.8. The summed E-state index contributed by atoms with van der Waals surface area (Å²) in [5, 5.41) is 0. The zero-order valence-electron chi connectivity index (χ0n) is 14.6. The molecule has 0 bridgehead atoms. The molecule has 3 rings (SSSR count). The predicted octanol–water partition coefficient (Wildman–Crippen LogP) is 4.32. The molecule has 0 fully saturated rings. The maximum absolute atomic E-state index is 12.2. The molecule has 5 heteroatoms. The SMILES string of the molecule is CCCn1c(=NC(=O)CCOc2ccccc2)sc2cc(C)ccc21.